The Bertz CT molecular complexity index is 838. The molecule has 5 nitrogen and oxygen atoms in total. The molecule has 3 N–H and O–H groups in total. The van der Waals surface area contributed by atoms with Gasteiger partial charge in [-0.2, -0.15) is 13.2 Å². The Labute approximate surface area is 154 Å². The van der Waals surface area contributed by atoms with Crippen molar-refractivity contribution in [3.63, 3.8) is 0 Å². The number of carbonyl (C=O) groups excluding carboxylic acids is 1. The number of rotatable bonds is 2. The molecular weight excluding hydrogens is 361 g/mol. The maximum atomic E-state index is 13.1. The summed E-state index contributed by atoms with van der Waals surface area (Å²) < 4.78 is 44.9. The number of aliphatic hydroxyl groups is 1. The van der Waals surface area contributed by atoms with Gasteiger partial charge in [-0.3, -0.25) is 0 Å². The van der Waals surface area contributed by atoms with Crippen LogP contribution in [0.1, 0.15) is 31.0 Å². The molecule has 0 saturated heterocycles. The number of ether oxygens (including phenoxy) is 1. The summed E-state index contributed by atoms with van der Waals surface area (Å²) in [5.74, 6) is 0.184. The van der Waals surface area contributed by atoms with Crippen LogP contribution < -0.4 is 15.4 Å². The third kappa shape index (κ3) is 4.00. The number of halogens is 3. The molecule has 3 rings (SSSR count). The summed E-state index contributed by atoms with van der Waals surface area (Å²) in [4.78, 5) is 12.3. The van der Waals surface area contributed by atoms with Gasteiger partial charge < -0.3 is 20.5 Å². The van der Waals surface area contributed by atoms with E-state index in [2.05, 4.69) is 10.6 Å². The third-order valence-electron chi connectivity index (χ3n) is 4.39. The summed E-state index contributed by atoms with van der Waals surface area (Å²) in [6.07, 6.45) is -5.81. The van der Waals surface area contributed by atoms with Crippen LogP contribution >= 0.6 is 0 Å². The number of alkyl halides is 3. The van der Waals surface area contributed by atoms with Crippen molar-refractivity contribution in [2.75, 3.05) is 5.32 Å². The average molecular weight is 380 g/mol. The van der Waals surface area contributed by atoms with E-state index < -0.39 is 35.5 Å². The zero-order valence-corrected chi connectivity index (χ0v) is 14.7. The van der Waals surface area contributed by atoms with E-state index >= 15 is 0 Å². The number of urea groups is 1. The molecule has 27 heavy (non-hydrogen) atoms. The van der Waals surface area contributed by atoms with E-state index in [1.807, 2.05) is 0 Å². The molecule has 0 radical (unpaired) electrons. The van der Waals surface area contributed by atoms with E-state index in [-0.39, 0.29) is 11.3 Å². The van der Waals surface area contributed by atoms with Crippen LogP contribution in [-0.4, -0.2) is 22.8 Å². The van der Waals surface area contributed by atoms with Crippen molar-refractivity contribution in [1.29, 1.82) is 0 Å². The minimum Gasteiger partial charge on any atom is -0.485 e. The van der Waals surface area contributed by atoms with Crippen LogP contribution in [-0.2, 0) is 6.18 Å². The lowest BCUT2D eigenvalue weighted by molar-refractivity contribution is -0.137. The minimum atomic E-state index is -4.55. The van der Waals surface area contributed by atoms with Crippen molar-refractivity contribution in [1.82, 2.24) is 5.32 Å². The van der Waals surface area contributed by atoms with Gasteiger partial charge >= 0.3 is 12.2 Å². The highest BCUT2D eigenvalue weighted by atomic mass is 19.4. The number of fused-ring (bicyclic) bond motifs is 1. The number of hydrogen-bond acceptors (Lipinski definition) is 3. The molecule has 8 heteroatoms. The van der Waals surface area contributed by atoms with E-state index in [0.717, 1.165) is 12.1 Å². The highest BCUT2D eigenvalue weighted by molar-refractivity contribution is 5.89. The Hall–Kier alpha value is -2.74. The van der Waals surface area contributed by atoms with Gasteiger partial charge in [-0.25, -0.2) is 4.79 Å². The van der Waals surface area contributed by atoms with Gasteiger partial charge in [-0.1, -0.05) is 18.2 Å². The number of benzene rings is 2. The zero-order valence-electron chi connectivity index (χ0n) is 14.7. The van der Waals surface area contributed by atoms with E-state index in [1.54, 1.807) is 44.2 Å². The highest BCUT2D eigenvalue weighted by Crippen LogP contribution is 2.42. The maximum absolute atomic E-state index is 13.1. The highest BCUT2D eigenvalue weighted by Gasteiger charge is 2.44. The van der Waals surface area contributed by atoms with Gasteiger partial charge in [0.15, 0.2) is 0 Å². The smallest absolute Gasteiger partial charge is 0.416 e. The molecule has 1 aliphatic heterocycles. The summed E-state index contributed by atoms with van der Waals surface area (Å²) in [5.41, 5.74) is -1.40. The monoisotopic (exact) mass is 380 g/mol. The van der Waals surface area contributed by atoms with Crippen molar-refractivity contribution in [3.05, 3.63) is 59.7 Å². The van der Waals surface area contributed by atoms with Crippen LogP contribution in [0.25, 0.3) is 0 Å². The lowest BCUT2D eigenvalue weighted by atomic mass is 9.86. The molecule has 0 fully saturated rings. The first-order valence-electron chi connectivity index (χ1n) is 8.29. The van der Waals surface area contributed by atoms with Crippen LogP contribution in [0.4, 0.5) is 23.7 Å². The van der Waals surface area contributed by atoms with Crippen LogP contribution in [0.2, 0.25) is 0 Å². The first-order valence-corrected chi connectivity index (χ1v) is 8.29. The fourth-order valence-electron chi connectivity index (χ4n) is 2.96. The molecule has 0 saturated carbocycles. The normalized spacial score (nSPS) is 21.0. The number of amides is 2. The van der Waals surface area contributed by atoms with Gasteiger partial charge in [-0.05, 0) is 44.2 Å². The number of aliphatic hydroxyl groups excluding tert-OH is 1. The Morgan fingerprint density at radius 1 is 1.15 bits per heavy atom. The molecule has 2 aromatic carbocycles. The van der Waals surface area contributed by atoms with E-state index in [4.69, 9.17) is 4.74 Å². The molecule has 0 aromatic heterocycles. The lowest BCUT2D eigenvalue weighted by Crippen LogP contribution is -2.54. The number of carbonyl (C=O) groups is 1. The van der Waals surface area contributed by atoms with E-state index in [9.17, 15) is 23.1 Å². The summed E-state index contributed by atoms with van der Waals surface area (Å²) >= 11 is 0. The molecular formula is C19H19F3N2O3. The van der Waals surface area contributed by atoms with Gasteiger partial charge in [-0.15, -0.1) is 0 Å². The van der Waals surface area contributed by atoms with Crippen LogP contribution in [0.15, 0.2) is 48.5 Å². The summed E-state index contributed by atoms with van der Waals surface area (Å²) in [7, 11) is 0. The first kappa shape index (κ1) is 19.0. The summed E-state index contributed by atoms with van der Waals surface area (Å²) in [6, 6.07) is 9.85. The predicted molar refractivity (Wildman–Crippen MR) is 93.5 cm³/mol. The second kappa shape index (κ2) is 6.77. The van der Waals surface area contributed by atoms with Gasteiger partial charge in [0.25, 0.3) is 0 Å². The molecule has 1 aliphatic rings. The van der Waals surface area contributed by atoms with Crippen molar-refractivity contribution in [2.45, 2.75) is 37.8 Å². The number of nitrogens with one attached hydrogen (secondary N) is 2. The topological polar surface area (TPSA) is 70.6 Å². The molecule has 0 aliphatic carbocycles. The first-order chi connectivity index (χ1) is 12.6. The van der Waals surface area contributed by atoms with Crippen molar-refractivity contribution < 1.29 is 27.8 Å². The SMILES string of the molecule is CC1(C)Oc2ccc(C(F)(F)F)cc2[C@H](NC(=O)Nc2ccccc2)[C@H]1O. The molecule has 0 bridgehead atoms. The molecule has 0 spiro atoms. The number of hydrogen-bond donors (Lipinski definition) is 3. The second-order valence-corrected chi connectivity index (χ2v) is 6.84. The van der Waals surface area contributed by atoms with Crippen molar-refractivity contribution >= 4 is 11.7 Å². The van der Waals surface area contributed by atoms with Crippen molar-refractivity contribution in [3.8, 4) is 5.75 Å². The van der Waals surface area contributed by atoms with Gasteiger partial charge in [0, 0.05) is 11.3 Å². The molecule has 0 unspecified atom stereocenters. The maximum Gasteiger partial charge on any atom is 0.416 e. The average Bonchev–Trinajstić information content (AvgIpc) is 2.58. The molecule has 2 aromatic rings. The standard InChI is InChI=1S/C19H19F3N2O3/c1-18(2)16(25)15(24-17(26)23-12-6-4-3-5-7-12)13-10-11(19(20,21)22)8-9-14(13)27-18/h3-10,15-16,25H,1-2H3,(H2,23,24,26)/t15-,16+/m0/s1. The Kier molecular flexibility index (Phi) is 4.77. The summed E-state index contributed by atoms with van der Waals surface area (Å²) in [5, 5.41) is 15.8. The predicted octanol–water partition coefficient (Wildman–Crippen LogP) is 4.10. The zero-order chi connectivity index (χ0) is 19.8. The molecule has 2 atom stereocenters. The second-order valence-electron chi connectivity index (χ2n) is 6.84. The Morgan fingerprint density at radius 3 is 2.44 bits per heavy atom. The molecule has 2 amide bonds. The van der Waals surface area contributed by atoms with Crippen LogP contribution in [0, 0.1) is 0 Å². The third-order valence-corrected chi connectivity index (χ3v) is 4.39. The molecule has 1 heterocycles. The van der Waals surface area contributed by atoms with Gasteiger partial charge in [0.2, 0.25) is 0 Å². The van der Waals surface area contributed by atoms with E-state index in [1.165, 1.54) is 6.07 Å². The fourth-order valence-corrected chi connectivity index (χ4v) is 2.96. The summed E-state index contributed by atoms with van der Waals surface area (Å²) in [6.45, 7) is 3.20. The van der Waals surface area contributed by atoms with Gasteiger partial charge in [0.05, 0.1) is 11.6 Å². The quantitative estimate of drug-likeness (QED) is 0.735. The number of para-hydroxylation sites is 1. The molecule has 144 valence electrons. The van der Waals surface area contributed by atoms with Gasteiger partial charge in [0.1, 0.15) is 17.5 Å². The minimum absolute atomic E-state index is 0.0693. The Balaban J connectivity index is 1.92. The lowest BCUT2D eigenvalue weighted by Gasteiger charge is -2.42. The van der Waals surface area contributed by atoms with Crippen LogP contribution in [0.3, 0.4) is 0 Å². The van der Waals surface area contributed by atoms with Crippen molar-refractivity contribution in [2.24, 2.45) is 0 Å². The number of anilines is 1. The fraction of sp³-hybridized carbons (Fsp3) is 0.316. The van der Waals surface area contributed by atoms with E-state index in [0.29, 0.717) is 5.69 Å². The Morgan fingerprint density at radius 2 is 1.81 bits per heavy atom. The van der Waals surface area contributed by atoms with Crippen LogP contribution in [0.5, 0.6) is 5.75 Å². The largest absolute Gasteiger partial charge is 0.485 e.